The van der Waals surface area contributed by atoms with E-state index >= 15 is 0 Å². The fourth-order valence-corrected chi connectivity index (χ4v) is 4.66. The summed E-state index contributed by atoms with van der Waals surface area (Å²) in [6.07, 6.45) is 1.51. The summed E-state index contributed by atoms with van der Waals surface area (Å²) in [6, 6.07) is 18.1. The number of hydrogen-bond acceptors (Lipinski definition) is 8. The number of nitrogens with zero attached hydrogens (tertiary/aromatic N) is 5. The van der Waals surface area contributed by atoms with Crippen molar-refractivity contribution in [2.75, 3.05) is 51.8 Å². The van der Waals surface area contributed by atoms with Gasteiger partial charge in [-0.05, 0) is 66.7 Å². The Bertz CT molecular complexity index is 1470. The normalized spacial score (nSPS) is 13.1. The lowest BCUT2D eigenvalue weighted by molar-refractivity contribution is -0.132. The Morgan fingerprint density at radius 1 is 0.927 bits per heavy atom. The van der Waals surface area contributed by atoms with Crippen LogP contribution in [0.25, 0.3) is 11.3 Å². The van der Waals surface area contributed by atoms with Gasteiger partial charge in [-0.15, -0.1) is 10.2 Å². The van der Waals surface area contributed by atoms with Crippen molar-refractivity contribution in [3.05, 3.63) is 90.1 Å². The van der Waals surface area contributed by atoms with Gasteiger partial charge in [-0.2, -0.15) is 0 Å². The summed E-state index contributed by atoms with van der Waals surface area (Å²) in [6.45, 7) is 2.07. The Balaban J connectivity index is 1.20. The first-order chi connectivity index (χ1) is 19.9. The zero-order chi connectivity index (χ0) is 28.8. The monoisotopic (exact) mass is 559 g/mol. The van der Waals surface area contributed by atoms with Crippen LogP contribution >= 0.6 is 0 Å². The van der Waals surface area contributed by atoms with Gasteiger partial charge < -0.3 is 28.6 Å². The molecule has 2 aromatic carbocycles. The van der Waals surface area contributed by atoms with Crippen LogP contribution in [0.1, 0.15) is 16.1 Å². The molecular formula is C30H30FN5O5. The number of furan rings is 1. The number of hydrogen-bond donors (Lipinski definition) is 0. The van der Waals surface area contributed by atoms with Crippen molar-refractivity contribution in [3.8, 4) is 22.8 Å². The third kappa shape index (κ3) is 6.46. The molecule has 2 amide bonds. The predicted molar refractivity (Wildman–Crippen MR) is 149 cm³/mol. The lowest BCUT2D eigenvalue weighted by Crippen LogP contribution is -2.52. The van der Waals surface area contributed by atoms with Gasteiger partial charge in [0.1, 0.15) is 18.1 Å². The highest BCUT2D eigenvalue weighted by Gasteiger charge is 2.26. The Labute approximate surface area is 236 Å². The zero-order valence-corrected chi connectivity index (χ0v) is 22.8. The van der Waals surface area contributed by atoms with Crippen LogP contribution in [0.3, 0.4) is 0 Å². The molecule has 0 saturated carbocycles. The molecule has 1 fully saturated rings. The number of ether oxygens (including phenoxy) is 2. The number of anilines is 1. The lowest BCUT2D eigenvalue weighted by Gasteiger charge is -2.36. The summed E-state index contributed by atoms with van der Waals surface area (Å²) in [7, 11) is 3.17. The van der Waals surface area contributed by atoms with Crippen LogP contribution < -0.4 is 14.4 Å². The number of carbonyl (C=O) groups is 2. The van der Waals surface area contributed by atoms with Gasteiger partial charge in [-0.3, -0.25) is 9.59 Å². The quantitative estimate of drug-likeness (QED) is 0.305. The molecule has 0 atom stereocenters. The summed E-state index contributed by atoms with van der Waals surface area (Å²) in [5.41, 5.74) is 1.85. The van der Waals surface area contributed by atoms with Gasteiger partial charge in [-0.1, -0.05) is 0 Å². The first-order valence-corrected chi connectivity index (χ1v) is 13.1. The van der Waals surface area contributed by atoms with E-state index in [0.717, 1.165) is 5.56 Å². The second-order valence-electron chi connectivity index (χ2n) is 9.46. The van der Waals surface area contributed by atoms with Crippen LogP contribution in [0.15, 0.2) is 77.4 Å². The second kappa shape index (κ2) is 12.5. The van der Waals surface area contributed by atoms with Gasteiger partial charge in [-0.25, -0.2) is 4.39 Å². The topological polar surface area (TPSA) is 101 Å². The Morgan fingerprint density at radius 2 is 1.68 bits per heavy atom. The second-order valence-corrected chi connectivity index (χ2v) is 9.46. The summed E-state index contributed by atoms with van der Waals surface area (Å²) < 4.78 is 29.5. The Kier molecular flexibility index (Phi) is 8.42. The molecule has 11 heteroatoms. The van der Waals surface area contributed by atoms with Crippen LogP contribution in [0, 0.1) is 5.82 Å². The van der Waals surface area contributed by atoms with E-state index in [9.17, 15) is 14.0 Å². The maximum absolute atomic E-state index is 13.4. The largest absolute Gasteiger partial charge is 0.493 e. The van der Waals surface area contributed by atoms with E-state index in [1.165, 1.54) is 35.4 Å². The smallest absolute Gasteiger partial charge is 0.254 e. The highest BCUT2D eigenvalue weighted by molar-refractivity contribution is 5.96. The first-order valence-electron chi connectivity index (χ1n) is 13.1. The molecular weight excluding hydrogens is 529 g/mol. The molecule has 0 N–H and O–H groups in total. The molecule has 1 aliphatic rings. The van der Waals surface area contributed by atoms with Crippen LogP contribution in [0.4, 0.5) is 10.2 Å². The van der Waals surface area contributed by atoms with Crippen LogP contribution in [0.5, 0.6) is 11.5 Å². The van der Waals surface area contributed by atoms with Crippen LogP contribution in [-0.2, 0) is 11.3 Å². The van der Waals surface area contributed by atoms with Crippen LogP contribution in [-0.4, -0.2) is 78.8 Å². The standard InChI is InChI=1S/C30H30FN5O5/c1-39-26-11-7-22(18-27(26)40-2)25-10-12-28(33-32-25)34-13-15-35(16-14-34)29(37)20-36(19-24-4-3-17-41-24)30(38)21-5-8-23(31)9-6-21/h3-12,17-18H,13-16,19-20H2,1-2H3. The summed E-state index contributed by atoms with van der Waals surface area (Å²) in [4.78, 5) is 31.7. The maximum atomic E-state index is 13.4. The number of benzene rings is 2. The highest BCUT2D eigenvalue weighted by Crippen LogP contribution is 2.31. The van der Waals surface area contributed by atoms with Gasteiger partial charge in [0.05, 0.1) is 32.7 Å². The van der Waals surface area contributed by atoms with E-state index in [2.05, 4.69) is 15.1 Å². The molecule has 41 heavy (non-hydrogen) atoms. The molecule has 0 bridgehead atoms. The van der Waals surface area contributed by atoms with Gasteiger partial charge in [0.15, 0.2) is 17.3 Å². The number of aromatic nitrogens is 2. The van der Waals surface area contributed by atoms with E-state index in [1.807, 2.05) is 30.3 Å². The highest BCUT2D eigenvalue weighted by atomic mass is 19.1. The molecule has 3 heterocycles. The van der Waals surface area contributed by atoms with Gasteiger partial charge in [0, 0.05) is 37.3 Å². The van der Waals surface area contributed by atoms with E-state index in [4.69, 9.17) is 13.9 Å². The minimum absolute atomic E-state index is 0.122. The van der Waals surface area contributed by atoms with E-state index in [1.54, 1.807) is 31.3 Å². The first kappa shape index (κ1) is 27.6. The molecule has 0 aliphatic carbocycles. The van der Waals surface area contributed by atoms with Crippen molar-refractivity contribution >= 4 is 17.6 Å². The lowest BCUT2D eigenvalue weighted by atomic mass is 10.1. The zero-order valence-electron chi connectivity index (χ0n) is 22.8. The molecule has 2 aromatic heterocycles. The molecule has 0 unspecified atom stereocenters. The average Bonchev–Trinajstić information content (AvgIpc) is 3.54. The third-order valence-corrected chi connectivity index (χ3v) is 6.92. The van der Waals surface area contributed by atoms with E-state index < -0.39 is 5.82 Å². The number of halogens is 1. The Morgan fingerprint density at radius 3 is 2.32 bits per heavy atom. The SMILES string of the molecule is COc1ccc(-c2ccc(N3CCN(C(=O)CN(Cc4ccco4)C(=O)c4ccc(F)cc4)CC3)nn2)cc1OC. The van der Waals surface area contributed by atoms with Crippen molar-refractivity contribution in [3.63, 3.8) is 0 Å². The number of carbonyl (C=O) groups excluding carboxylic acids is 2. The Hall–Kier alpha value is -4.93. The summed E-state index contributed by atoms with van der Waals surface area (Å²) in [5, 5.41) is 8.80. The van der Waals surface area contributed by atoms with Crippen molar-refractivity contribution < 1.29 is 27.9 Å². The van der Waals surface area contributed by atoms with Gasteiger partial charge in [0.25, 0.3) is 5.91 Å². The molecule has 0 spiro atoms. The molecule has 1 aliphatic heterocycles. The van der Waals surface area contributed by atoms with E-state index in [0.29, 0.717) is 60.5 Å². The van der Waals surface area contributed by atoms with E-state index in [-0.39, 0.29) is 24.9 Å². The number of amides is 2. The number of rotatable bonds is 9. The minimum Gasteiger partial charge on any atom is -0.493 e. The number of methoxy groups -OCH3 is 2. The molecule has 4 aromatic rings. The van der Waals surface area contributed by atoms with Crippen molar-refractivity contribution in [1.82, 2.24) is 20.0 Å². The predicted octanol–water partition coefficient (Wildman–Crippen LogP) is 3.88. The van der Waals surface area contributed by atoms with Gasteiger partial charge in [0.2, 0.25) is 5.91 Å². The average molecular weight is 560 g/mol. The van der Waals surface area contributed by atoms with Gasteiger partial charge >= 0.3 is 0 Å². The number of piperazine rings is 1. The summed E-state index contributed by atoms with van der Waals surface area (Å²) >= 11 is 0. The maximum Gasteiger partial charge on any atom is 0.254 e. The molecule has 1 saturated heterocycles. The molecule has 212 valence electrons. The summed E-state index contributed by atoms with van der Waals surface area (Å²) in [5.74, 6) is 1.52. The molecule has 5 rings (SSSR count). The molecule has 0 radical (unpaired) electrons. The van der Waals surface area contributed by atoms with Crippen molar-refractivity contribution in [2.24, 2.45) is 0 Å². The molecule has 10 nitrogen and oxygen atoms in total. The fourth-order valence-electron chi connectivity index (χ4n) is 4.66. The van der Waals surface area contributed by atoms with Crippen molar-refractivity contribution in [1.29, 1.82) is 0 Å². The fraction of sp³-hybridized carbons (Fsp3) is 0.267. The third-order valence-electron chi connectivity index (χ3n) is 6.92. The van der Waals surface area contributed by atoms with Crippen LogP contribution in [0.2, 0.25) is 0 Å². The van der Waals surface area contributed by atoms with Crippen molar-refractivity contribution in [2.45, 2.75) is 6.54 Å². The minimum atomic E-state index is -0.437.